The van der Waals surface area contributed by atoms with Gasteiger partial charge in [-0.1, -0.05) is 36.4 Å². The number of nitrogens with zero attached hydrogens (tertiary/aromatic N) is 3. The number of carbonyl (C=O) groups is 1. The van der Waals surface area contributed by atoms with E-state index in [1.54, 1.807) is 5.38 Å². The summed E-state index contributed by atoms with van der Waals surface area (Å²) in [6.07, 6.45) is 5.36. The van der Waals surface area contributed by atoms with Gasteiger partial charge < -0.3 is 19.9 Å². The van der Waals surface area contributed by atoms with Crippen LogP contribution < -0.4 is 15.5 Å². The number of terminal acetylenes is 1. The number of rotatable bonds is 5. The fourth-order valence-electron chi connectivity index (χ4n) is 4.01. The molecule has 0 spiro atoms. The number of hydrogen-bond acceptors (Lipinski definition) is 6. The van der Waals surface area contributed by atoms with E-state index in [2.05, 4.69) is 68.9 Å². The minimum atomic E-state index is -0.145. The molecule has 3 aromatic rings. The van der Waals surface area contributed by atoms with Crippen LogP contribution in [0, 0.1) is 12.3 Å². The van der Waals surface area contributed by atoms with E-state index >= 15 is 0 Å². The van der Waals surface area contributed by atoms with Crippen LogP contribution in [0.4, 0.5) is 22.0 Å². The zero-order chi connectivity index (χ0) is 22.6. The molecule has 7 nitrogen and oxygen atoms in total. The number of nitrogens with one attached hydrogen (secondary N) is 2. The smallest absolute Gasteiger partial charge is 0.323 e. The van der Waals surface area contributed by atoms with Crippen molar-refractivity contribution in [2.24, 2.45) is 0 Å². The van der Waals surface area contributed by atoms with Crippen molar-refractivity contribution in [3.63, 3.8) is 0 Å². The summed E-state index contributed by atoms with van der Waals surface area (Å²) in [7, 11) is 0. The third kappa shape index (κ3) is 4.80. The number of amides is 2. The number of urea groups is 1. The molecule has 2 aliphatic heterocycles. The molecule has 5 rings (SSSR count). The van der Waals surface area contributed by atoms with Gasteiger partial charge in [0.05, 0.1) is 30.6 Å². The van der Waals surface area contributed by atoms with Crippen molar-refractivity contribution < 1.29 is 9.53 Å². The fraction of sp³-hybridized carbons (Fsp3) is 0.280. The van der Waals surface area contributed by atoms with Gasteiger partial charge in [-0.3, -0.25) is 5.32 Å². The minimum absolute atomic E-state index is 0.145. The van der Waals surface area contributed by atoms with E-state index in [1.165, 1.54) is 22.5 Å². The first-order chi connectivity index (χ1) is 16.2. The van der Waals surface area contributed by atoms with E-state index in [1.807, 2.05) is 11.0 Å². The monoisotopic (exact) mass is 459 g/mol. The summed E-state index contributed by atoms with van der Waals surface area (Å²) >= 11 is 1.34. The van der Waals surface area contributed by atoms with Gasteiger partial charge in [-0.2, -0.15) is 0 Å². The molecule has 0 aliphatic carbocycles. The highest BCUT2D eigenvalue weighted by molar-refractivity contribution is 7.10. The normalized spacial score (nSPS) is 16.1. The molecule has 168 valence electrons. The Morgan fingerprint density at radius 3 is 2.55 bits per heavy atom. The van der Waals surface area contributed by atoms with Crippen LogP contribution >= 0.6 is 11.3 Å². The maximum atomic E-state index is 12.7. The van der Waals surface area contributed by atoms with E-state index in [9.17, 15) is 4.79 Å². The van der Waals surface area contributed by atoms with Crippen LogP contribution in [-0.2, 0) is 4.74 Å². The lowest BCUT2D eigenvalue weighted by Gasteiger charge is -2.38. The predicted molar refractivity (Wildman–Crippen MR) is 133 cm³/mol. The van der Waals surface area contributed by atoms with Gasteiger partial charge in [0.15, 0.2) is 5.01 Å². The molecule has 3 heterocycles. The van der Waals surface area contributed by atoms with Crippen LogP contribution in [-0.4, -0.2) is 61.3 Å². The maximum Gasteiger partial charge on any atom is 0.323 e. The molecule has 2 saturated heterocycles. The lowest BCUT2D eigenvalue weighted by atomic mass is 10.0. The van der Waals surface area contributed by atoms with Gasteiger partial charge in [0.25, 0.3) is 0 Å². The number of thiazole rings is 1. The molecule has 33 heavy (non-hydrogen) atoms. The molecule has 2 amide bonds. The number of benzene rings is 2. The average Bonchev–Trinajstić information content (AvgIpc) is 3.29. The van der Waals surface area contributed by atoms with Crippen LogP contribution in [0.5, 0.6) is 0 Å². The van der Waals surface area contributed by atoms with Gasteiger partial charge >= 0.3 is 6.03 Å². The van der Waals surface area contributed by atoms with Crippen LogP contribution in [0.15, 0.2) is 53.9 Å². The van der Waals surface area contributed by atoms with Crippen LogP contribution in [0.25, 0.3) is 11.1 Å². The van der Waals surface area contributed by atoms with Crippen LogP contribution in [0.1, 0.15) is 5.01 Å². The summed E-state index contributed by atoms with van der Waals surface area (Å²) in [4.78, 5) is 21.0. The highest BCUT2D eigenvalue weighted by Gasteiger charge is 2.25. The van der Waals surface area contributed by atoms with Crippen molar-refractivity contribution >= 4 is 34.6 Å². The Labute approximate surface area is 197 Å². The van der Waals surface area contributed by atoms with Crippen LogP contribution in [0.3, 0.4) is 0 Å². The Morgan fingerprint density at radius 1 is 1.09 bits per heavy atom. The van der Waals surface area contributed by atoms with Crippen molar-refractivity contribution in [1.82, 2.24) is 9.88 Å². The Bertz CT molecular complexity index is 1160. The molecule has 1 aromatic heterocycles. The average molecular weight is 460 g/mol. The number of hydrogen-bond donors (Lipinski definition) is 2. The number of ether oxygens (including phenoxy) is 1. The number of carbonyl (C=O) groups excluding carboxylic acids is 1. The molecule has 0 atom stereocenters. The number of piperazine rings is 1. The molecule has 2 aromatic carbocycles. The first-order valence-electron chi connectivity index (χ1n) is 11.0. The Balaban J connectivity index is 1.28. The molecular weight excluding hydrogens is 434 g/mol. The van der Waals surface area contributed by atoms with Crippen molar-refractivity contribution in [3.8, 4) is 23.5 Å². The standard InChI is InChI=1S/C25H25N5O2S/c1-2-24-27-23(17-33-24)28-25(31)30-12-10-29(11-13-30)22-9-8-19(18-6-4-3-5-7-18)14-21(22)26-20-15-32-16-20/h1,3-9,14,17,20,26H,10-13,15-16H2,(H,28,31). The molecule has 8 heteroatoms. The summed E-state index contributed by atoms with van der Waals surface area (Å²) < 4.78 is 5.36. The predicted octanol–water partition coefficient (Wildman–Crippen LogP) is 3.96. The topological polar surface area (TPSA) is 69.7 Å². The molecule has 0 saturated carbocycles. The summed E-state index contributed by atoms with van der Waals surface area (Å²) in [5.74, 6) is 2.99. The third-order valence-electron chi connectivity index (χ3n) is 5.87. The summed E-state index contributed by atoms with van der Waals surface area (Å²) in [6.45, 7) is 4.21. The highest BCUT2D eigenvalue weighted by atomic mass is 32.1. The molecule has 0 unspecified atom stereocenters. The SMILES string of the molecule is C#Cc1nc(NC(=O)N2CCN(c3ccc(-c4ccccc4)cc3NC3COC3)CC2)cs1. The zero-order valence-corrected chi connectivity index (χ0v) is 19.0. The lowest BCUT2D eigenvalue weighted by molar-refractivity contribution is 0.0211. The molecular formula is C25H25N5O2S. The summed E-state index contributed by atoms with van der Waals surface area (Å²) in [5, 5.41) is 8.82. The van der Waals surface area contributed by atoms with Crippen molar-refractivity contribution in [2.75, 3.05) is 54.9 Å². The highest BCUT2D eigenvalue weighted by Crippen LogP contribution is 2.33. The first-order valence-corrected chi connectivity index (χ1v) is 11.8. The third-order valence-corrected chi connectivity index (χ3v) is 6.65. The van der Waals surface area contributed by atoms with Gasteiger partial charge in [0.1, 0.15) is 5.82 Å². The first kappa shape index (κ1) is 21.3. The summed E-state index contributed by atoms with van der Waals surface area (Å²) in [6, 6.07) is 17.1. The van der Waals surface area contributed by atoms with Gasteiger partial charge in [-0.15, -0.1) is 17.8 Å². The summed E-state index contributed by atoms with van der Waals surface area (Å²) in [5.41, 5.74) is 4.62. The second-order valence-corrected chi connectivity index (χ2v) is 8.92. The Morgan fingerprint density at radius 2 is 1.88 bits per heavy atom. The Kier molecular flexibility index (Phi) is 6.15. The van der Waals surface area contributed by atoms with E-state index < -0.39 is 0 Å². The second kappa shape index (κ2) is 9.53. The van der Waals surface area contributed by atoms with E-state index in [-0.39, 0.29) is 6.03 Å². The van der Waals surface area contributed by atoms with Gasteiger partial charge in [0.2, 0.25) is 0 Å². The molecule has 2 aliphatic rings. The quantitative estimate of drug-likeness (QED) is 0.566. The maximum absolute atomic E-state index is 12.7. The number of anilines is 3. The fourth-order valence-corrected chi connectivity index (χ4v) is 4.57. The van der Waals surface area contributed by atoms with E-state index in [0.717, 1.165) is 37.7 Å². The van der Waals surface area contributed by atoms with E-state index in [4.69, 9.17) is 11.2 Å². The number of aromatic nitrogens is 1. The van der Waals surface area contributed by atoms with Crippen molar-refractivity contribution in [3.05, 3.63) is 58.9 Å². The van der Waals surface area contributed by atoms with E-state index in [0.29, 0.717) is 30.0 Å². The molecule has 0 radical (unpaired) electrons. The minimum Gasteiger partial charge on any atom is -0.377 e. The lowest BCUT2D eigenvalue weighted by Crippen LogP contribution is -2.50. The van der Waals surface area contributed by atoms with Gasteiger partial charge in [0, 0.05) is 31.6 Å². The molecule has 2 N–H and O–H groups in total. The zero-order valence-electron chi connectivity index (χ0n) is 18.2. The van der Waals surface area contributed by atoms with Crippen molar-refractivity contribution in [2.45, 2.75) is 6.04 Å². The molecule has 0 bridgehead atoms. The largest absolute Gasteiger partial charge is 0.377 e. The second-order valence-electron chi connectivity index (χ2n) is 8.06. The van der Waals surface area contributed by atoms with Crippen molar-refractivity contribution in [1.29, 1.82) is 0 Å². The Hall–Kier alpha value is -3.54. The van der Waals surface area contributed by atoms with Gasteiger partial charge in [-0.25, -0.2) is 9.78 Å². The molecule has 2 fully saturated rings. The van der Waals surface area contributed by atoms with Crippen LogP contribution in [0.2, 0.25) is 0 Å². The van der Waals surface area contributed by atoms with Gasteiger partial charge in [-0.05, 0) is 29.2 Å².